The van der Waals surface area contributed by atoms with Crippen LogP contribution < -0.4 is 10.0 Å². The van der Waals surface area contributed by atoms with Crippen molar-refractivity contribution in [3.63, 3.8) is 0 Å². The van der Waals surface area contributed by atoms with Gasteiger partial charge in [-0.05, 0) is 63.7 Å². The van der Waals surface area contributed by atoms with Crippen LogP contribution >= 0.6 is 23.7 Å². The Labute approximate surface area is 226 Å². The number of nitrogens with one attached hydrogen (secondary N) is 2. The molecule has 0 bridgehead atoms. The highest BCUT2D eigenvalue weighted by Crippen LogP contribution is 2.34. The molecule has 204 valence electrons. The van der Waals surface area contributed by atoms with Gasteiger partial charge in [-0.1, -0.05) is 31.4 Å². The van der Waals surface area contributed by atoms with Gasteiger partial charge in [-0.25, -0.2) is 0 Å². The molecular weight excluding hydrogens is 514 g/mol. The minimum atomic E-state index is -0.747. The van der Waals surface area contributed by atoms with Crippen molar-refractivity contribution in [1.82, 2.24) is 19.8 Å². The average molecular weight is 552 g/mol. The van der Waals surface area contributed by atoms with E-state index in [-0.39, 0.29) is 35.2 Å². The van der Waals surface area contributed by atoms with E-state index in [1.54, 1.807) is 28.9 Å². The number of hydrogen-bond acceptors (Lipinski definition) is 8. The van der Waals surface area contributed by atoms with Gasteiger partial charge in [0, 0.05) is 23.1 Å². The van der Waals surface area contributed by atoms with Crippen LogP contribution in [0, 0.1) is 16.0 Å². The van der Waals surface area contributed by atoms with Crippen LogP contribution in [0.5, 0.6) is 0 Å². The molecule has 2 N–H and O–H groups in total. The maximum atomic E-state index is 12.9. The molecule has 0 radical (unpaired) electrons. The van der Waals surface area contributed by atoms with E-state index in [4.69, 9.17) is 0 Å². The Kier molecular flexibility index (Phi) is 11.1. The van der Waals surface area contributed by atoms with E-state index >= 15 is 0 Å². The molecule has 2 aliphatic rings. The van der Waals surface area contributed by atoms with E-state index in [1.165, 1.54) is 42.3 Å². The summed E-state index contributed by atoms with van der Waals surface area (Å²) >= 11 is 2.91. The number of rotatable bonds is 11. The van der Waals surface area contributed by atoms with Crippen molar-refractivity contribution >= 4 is 47.1 Å². The molecule has 1 aromatic rings. The van der Waals surface area contributed by atoms with Crippen LogP contribution in [0.2, 0.25) is 0 Å². The first-order valence-corrected chi connectivity index (χ1v) is 14.7. The third-order valence-corrected chi connectivity index (χ3v) is 8.96. The molecule has 1 unspecified atom stereocenters. The van der Waals surface area contributed by atoms with Crippen LogP contribution in [0.15, 0.2) is 24.3 Å². The smallest absolute Gasteiger partial charge is 0.269 e. The molecule has 1 saturated heterocycles. The Bertz CT molecular complexity index is 955. The van der Waals surface area contributed by atoms with Gasteiger partial charge in [0.05, 0.1) is 17.3 Å². The van der Waals surface area contributed by atoms with Crippen LogP contribution in [0.4, 0.5) is 5.69 Å². The van der Waals surface area contributed by atoms with E-state index in [0.29, 0.717) is 24.0 Å². The van der Waals surface area contributed by atoms with Gasteiger partial charge >= 0.3 is 0 Å². The predicted molar refractivity (Wildman–Crippen MR) is 147 cm³/mol. The number of nitrogens with zero attached hydrogens (tertiary/aromatic N) is 3. The number of thioether (sulfide) groups is 1. The fourth-order valence-electron chi connectivity index (χ4n) is 4.66. The molecule has 1 aliphatic carbocycles. The van der Waals surface area contributed by atoms with Crippen LogP contribution in [0.1, 0.15) is 44.6 Å². The van der Waals surface area contributed by atoms with Gasteiger partial charge in [-0.15, -0.1) is 11.8 Å². The van der Waals surface area contributed by atoms with E-state index in [0.717, 1.165) is 31.2 Å². The lowest BCUT2D eigenvalue weighted by atomic mass is 9.85. The lowest BCUT2D eigenvalue weighted by Crippen LogP contribution is -2.53. The molecule has 1 aliphatic heterocycles. The molecule has 0 spiro atoms. The third-order valence-electron chi connectivity index (χ3n) is 6.78. The summed E-state index contributed by atoms with van der Waals surface area (Å²) in [6.07, 6.45) is 6.40. The zero-order valence-corrected chi connectivity index (χ0v) is 23.3. The monoisotopic (exact) mass is 551 g/mol. The summed E-state index contributed by atoms with van der Waals surface area (Å²) in [5.41, 5.74) is 1.05. The number of carbonyl (C=O) groups is 3. The Balaban J connectivity index is 1.56. The summed E-state index contributed by atoms with van der Waals surface area (Å²) in [6, 6.07) is 5.26. The van der Waals surface area contributed by atoms with Gasteiger partial charge in [0.2, 0.25) is 11.8 Å². The van der Waals surface area contributed by atoms with Gasteiger partial charge in [-0.3, -0.25) is 29.2 Å². The largest absolute Gasteiger partial charge is 0.343 e. The quantitative estimate of drug-likeness (QED) is 0.244. The fraction of sp³-hybridized carbons (Fsp3) is 0.640. The Hall–Kier alpha value is -2.31. The first-order valence-electron chi connectivity index (χ1n) is 12.7. The average Bonchev–Trinajstić information content (AvgIpc) is 3.37. The summed E-state index contributed by atoms with van der Waals surface area (Å²) in [5.74, 6) is 0.689. The van der Waals surface area contributed by atoms with Crippen LogP contribution in [0.25, 0.3) is 0 Å². The number of benzene rings is 1. The Morgan fingerprint density at radius 1 is 1.19 bits per heavy atom. The van der Waals surface area contributed by atoms with E-state index in [9.17, 15) is 24.5 Å². The number of amides is 3. The highest BCUT2D eigenvalue weighted by atomic mass is 32.2. The lowest BCUT2D eigenvalue weighted by molar-refractivity contribution is -0.384. The fourth-order valence-corrected chi connectivity index (χ4v) is 7.03. The normalized spacial score (nSPS) is 19.9. The minimum Gasteiger partial charge on any atom is -0.343 e. The molecule has 37 heavy (non-hydrogen) atoms. The summed E-state index contributed by atoms with van der Waals surface area (Å²) in [4.78, 5) is 52.2. The van der Waals surface area contributed by atoms with Crippen LogP contribution in [-0.2, 0) is 20.8 Å². The van der Waals surface area contributed by atoms with Gasteiger partial charge < -0.3 is 15.1 Å². The van der Waals surface area contributed by atoms with E-state index in [2.05, 4.69) is 10.0 Å². The van der Waals surface area contributed by atoms with Crippen molar-refractivity contribution in [2.24, 2.45) is 5.92 Å². The van der Waals surface area contributed by atoms with E-state index < -0.39 is 17.0 Å². The van der Waals surface area contributed by atoms with Gasteiger partial charge in [0.25, 0.3) is 11.6 Å². The highest BCUT2D eigenvalue weighted by molar-refractivity contribution is 7.99. The first-order chi connectivity index (χ1) is 17.7. The molecule has 3 rings (SSSR count). The maximum absolute atomic E-state index is 12.9. The van der Waals surface area contributed by atoms with Gasteiger partial charge in [0.1, 0.15) is 12.1 Å². The minimum absolute atomic E-state index is 0.0612. The van der Waals surface area contributed by atoms with Gasteiger partial charge in [0.15, 0.2) is 0 Å². The molecule has 1 heterocycles. The van der Waals surface area contributed by atoms with Crippen molar-refractivity contribution in [2.45, 2.75) is 62.8 Å². The zero-order valence-electron chi connectivity index (χ0n) is 21.7. The topological polar surface area (TPSA) is 125 Å². The molecule has 1 aromatic carbocycles. The summed E-state index contributed by atoms with van der Waals surface area (Å²) < 4.78 is 2.95. The summed E-state index contributed by atoms with van der Waals surface area (Å²) in [7, 11) is 3.62. The van der Waals surface area contributed by atoms with Crippen molar-refractivity contribution in [1.29, 1.82) is 0 Å². The molecule has 1 saturated carbocycles. The Morgan fingerprint density at radius 3 is 2.49 bits per heavy atom. The molecular formula is C25H37N5O5S2. The molecule has 2 fully saturated rings. The van der Waals surface area contributed by atoms with E-state index in [1.807, 2.05) is 14.1 Å². The van der Waals surface area contributed by atoms with Crippen molar-refractivity contribution < 1.29 is 19.3 Å². The Morgan fingerprint density at radius 2 is 1.86 bits per heavy atom. The molecule has 10 nitrogen and oxygen atoms in total. The number of carbonyl (C=O) groups excluding carboxylic acids is 3. The molecule has 3 amide bonds. The van der Waals surface area contributed by atoms with Crippen molar-refractivity contribution in [2.75, 3.05) is 32.3 Å². The number of hydrogen-bond donors (Lipinski definition) is 2. The number of non-ortho nitro benzene ring substituents is 1. The number of nitro benzene ring substituents is 1. The molecule has 12 heteroatoms. The predicted octanol–water partition coefficient (Wildman–Crippen LogP) is 2.82. The standard InChI is InChI=1S/C25H37N5O5S2/c1-17(26-25(33)21-15-36-16-29(21)23(31)14-28(2)3)24(32)27-37-22(19-7-5-4-6-8-19)13-18-9-11-20(12-10-18)30(34)35/h9-12,17,19,21-22H,4-8,13-16H2,1-3H3,(H,26,33)(H,27,32)/t17-,21+,22?/m1/s1. The second-order valence-corrected chi connectivity index (χ2v) is 12.0. The summed E-state index contributed by atoms with van der Waals surface area (Å²) in [6.45, 7) is 1.88. The SMILES string of the molecule is C[C@@H](NC(=O)[C@@H]1CSCN1C(=O)CN(C)C)C(=O)NSC(Cc1ccc([N+](=O)[O-])cc1)C1CCCCC1. The maximum Gasteiger partial charge on any atom is 0.269 e. The lowest BCUT2D eigenvalue weighted by Gasteiger charge is -2.30. The molecule has 0 aromatic heterocycles. The zero-order chi connectivity index (χ0) is 26.9. The number of likely N-dealkylation sites (N-methyl/N-ethyl adjacent to an activating group) is 1. The third kappa shape index (κ3) is 8.61. The number of nitro groups is 1. The second kappa shape index (κ2) is 14.0. The highest BCUT2D eigenvalue weighted by Gasteiger charge is 2.36. The van der Waals surface area contributed by atoms with Crippen molar-refractivity contribution in [3.05, 3.63) is 39.9 Å². The van der Waals surface area contributed by atoms with Gasteiger partial charge in [-0.2, -0.15) is 0 Å². The van der Waals surface area contributed by atoms with Crippen molar-refractivity contribution in [3.8, 4) is 0 Å². The first kappa shape index (κ1) is 29.2. The van der Waals surface area contributed by atoms with Crippen LogP contribution in [-0.4, -0.2) is 82.0 Å². The molecule has 3 atom stereocenters. The van der Waals surface area contributed by atoms with Crippen LogP contribution in [0.3, 0.4) is 0 Å². The summed E-state index contributed by atoms with van der Waals surface area (Å²) in [5, 5.41) is 13.9. The second-order valence-electron chi connectivity index (χ2n) is 10.00.